The average Bonchev–Trinajstić information content (AvgIpc) is 2.84. The first-order valence-electron chi connectivity index (χ1n) is 5.79. The van der Waals surface area contributed by atoms with E-state index >= 15 is 0 Å². The van der Waals surface area contributed by atoms with Gasteiger partial charge < -0.3 is 19.9 Å². The molecule has 92 valence electrons. The molecular weight excluding hydrogens is 234 g/mol. The van der Waals surface area contributed by atoms with E-state index in [-0.39, 0.29) is 12.3 Å². The molecule has 0 spiro atoms. The molecule has 4 heterocycles. The van der Waals surface area contributed by atoms with Gasteiger partial charge in [-0.3, -0.25) is 4.79 Å². The number of aromatic nitrogens is 2. The highest BCUT2D eigenvalue weighted by molar-refractivity contribution is 5.96. The van der Waals surface area contributed by atoms with Crippen LogP contribution in [-0.4, -0.2) is 39.4 Å². The summed E-state index contributed by atoms with van der Waals surface area (Å²) in [5, 5.41) is 3.16. The van der Waals surface area contributed by atoms with Crippen LogP contribution >= 0.6 is 0 Å². The molecule has 18 heavy (non-hydrogen) atoms. The number of hydrogen-bond acceptors (Lipinski definition) is 6. The number of nitrogens with one attached hydrogen (secondary N) is 2. The molecule has 0 amide bonds. The monoisotopic (exact) mass is 245 g/mol. The molecule has 0 radical (unpaired) electrons. The summed E-state index contributed by atoms with van der Waals surface area (Å²) in [6.07, 6.45) is 4.52. The van der Waals surface area contributed by atoms with Gasteiger partial charge in [-0.1, -0.05) is 0 Å². The standard InChI is InChI=1S/C11H11N5O2/c17-3-6-4-18-9-1-8(6)16-2-7-10(13-5-12-7)15-11(16)14-9/h3-5,8-9H,1-2H2,(H,12,13)(H,14,15). The van der Waals surface area contributed by atoms with Gasteiger partial charge in [-0.25, -0.2) is 9.98 Å². The van der Waals surface area contributed by atoms with Gasteiger partial charge in [0.2, 0.25) is 5.96 Å². The molecule has 0 fully saturated rings. The molecule has 4 rings (SSSR count). The Hall–Kier alpha value is -2.31. The van der Waals surface area contributed by atoms with Gasteiger partial charge in [-0.15, -0.1) is 0 Å². The number of fused-ring (bicyclic) bond motifs is 5. The topological polar surface area (TPSA) is 82.6 Å². The van der Waals surface area contributed by atoms with Crippen molar-refractivity contribution in [1.29, 1.82) is 0 Å². The summed E-state index contributed by atoms with van der Waals surface area (Å²) in [5.41, 5.74) is 1.66. The SMILES string of the molecule is O=CC1=COC2CC1N1Cc3[nH]cnc3NC1=N2. The van der Waals surface area contributed by atoms with Crippen LogP contribution in [0.4, 0.5) is 5.82 Å². The summed E-state index contributed by atoms with van der Waals surface area (Å²) in [6, 6.07) is 0.0256. The van der Waals surface area contributed by atoms with Gasteiger partial charge in [0.15, 0.2) is 18.3 Å². The van der Waals surface area contributed by atoms with Crippen molar-refractivity contribution in [3.63, 3.8) is 0 Å². The molecule has 3 aliphatic rings. The van der Waals surface area contributed by atoms with Crippen molar-refractivity contribution >= 4 is 18.1 Å². The van der Waals surface area contributed by atoms with E-state index in [0.29, 0.717) is 18.5 Å². The number of aromatic amines is 1. The minimum Gasteiger partial charge on any atom is -0.476 e. The molecule has 1 aromatic heterocycles. The number of anilines is 1. The lowest BCUT2D eigenvalue weighted by molar-refractivity contribution is -0.106. The van der Waals surface area contributed by atoms with Gasteiger partial charge in [0.1, 0.15) is 0 Å². The van der Waals surface area contributed by atoms with E-state index < -0.39 is 0 Å². The Kier molecular flexibility index (Phi) is 1.80. The van der Waals surface area contributed by atoms with Gasteiger partial charge in [-0.2, -0.15) is 0 Å². The molecule has 0 saturated heterocycles. The Morgan fingerprint density at radius 3 is 3.39 bits per heavy atom. The van der Waals surface area contributed by atoms with E-state index in [0.717, 1.165) is 23.8 Å². The molecule has 2 N–H and O–H groups in total. The number of nitrogens with zero attached hydrogens (tertiary/aromatic N) is 3. The van der Waals surface area contributed by atoms with Gasteiger partial charge in [-0.05, 0) is 0 Å². The molecule has 0 aromatic carbocycles. The predicted molar refractivity (Wildman–Crippen MR) is 62.6 cm³/mol. The van der Waals surface area contributed by atoms with Crippen molar-refractivity contribution in [2.45, 2.75) is 25.2 Å². The first-order chi connectivity index (χ1) is 8.85. The molecule has 7 heteroatoms. The molecular formula is C11H11N5O2. The lowest BCUT2D eigenvalue weighted by Gasteiger charge is -2.43. The summed E-state index contributed by atoms with van der Waals surface area (Å²) in [4.78, 5) is 24.9. The van der Waals surface area contributed by atoms with Crippen molar-refractivity contribution in [3.8, 4) is 0 Å². The lowest BCUT2D eigenvalue weighted by atomic mass is 9.99. The highest BCUT2D eigenvalue weighted by Crippen LogP contribution is 2.32. The molecule has 3 aliphatic heterocycles. The van der Waals surface area contributed by atoms with Crippen LogP contribution in [0.5, 0.6) is 0 Å². The van der Waals surface area contributed by atoms with Crippen LogP contribution in [0.15, 0.2) is 23.2 Å². The second-order valence-electron chi connectivity index (χ2n) is 4.51. The van der Waals surface area contributed by atoms with Crippen molar-refractivity contribution in [2.75, 3.05) is 5.32 Å². The van der Waals surface area contributed by atoms with E-state index in [9.17, 15) is 4.79 Å². The smallest absolute Gasteiger partial charge is 0.204 e. The second-order valence-corrected chi connectivity index (χ2v) is 4.51. The highest BCUT2D eigenvalue weighted by atomic mass is 16.5. The Balaban J connectivity index is 1.77. The summed E-state index contributed by atoms with van der Waals surface area (Å²) in [7, 11) is 0. The number of imidazole rings is 1. The van der Waals surface area contributed by atoms with E-state index in [1.807, 2.05) is 0 Å². The minimum absolute atomic E-state index is 0.0256. The Morgan fingerprint density at radius 2 is 2.50 bits per heavy atom. The van der Waals surface area contributed by atoms with E-state index in [1.54, 1.807) is 6.33 Å². The zero-order valence-electron chi connectivity index (χ0n) is 9.46. The van der Waals surface area contributed by atoms with Crippen molar-refractivity contribution < 1.29 is 9.53 Å². The molecule has 7 nitrogen and oxygen atoms in total. The van der Waals surface area contributed by atoms with Crippen LogP contribution in [0.25, 0.3) is 0 Å². The maximum absolute atomic E-state index is 11.1. The van der Waals surface area contributed by atoms with E-state index in [2.05, 4.69) is 25.2 Å². The summed E-state index contributed by atoms with van der Waals surface area (Å²) < 4.78 is 5.40. The predicted octanol–water partition coefficient (Wildman–Crippen LogP) is 0.205. The zero-order valence-corrected chi connectivity index (χ0v) is 9.46. The van der Waals surface area contributed by atoms with Gasteiger partial charge in [0.25, 0.3) is 0 Å². The highest BCUT2D eigenvalue weighted by Gasteiger charge is 2.39. The Bertz CT molecular complexity index is 576. The molecule has 2 bridgehead atoms. The number of H-pyrrole nitrogens is 1. The fourth-order valence-electron chi connectivity index (χ4n) is 2.59. The maximum atomic E-state index is 11.1. The van der Waals surface area contributed by atoms with Crippen LogP contribution in [0.1, 0.15) is 12.1 Å². The van der Waals surface area contributed by atoms with Crippen LogP contribution in [0, 0.1) is 0 Å². The number of aldehydes is 1. The summed E-state index contributed by atoms with van der Waals surface area (Å²) in [5.74, 6) is 1.52. The van der Waals surface area contributed by atoms with Gasteiger partial charge >= 0.3 is 0 Å². The van der Waals surface area contributed by atoms with Crippen LogP contribution in [0.2, 0.25) is 0 Å². The van der Waals surface area contributed by atoms with Crippen LogP contribution in [0.3, 0.4) is 0 Å². The van der Waals surface area contributed by atoms with Crippen molar-refractivity contribution in [1.82, 2.24) is 14.9 Å². The molecule has 0 saturated carbocycles. The lowest BCUT2D eigenvalue weighted by Crippen LogP contribution is -2.53. The van der Waals surface area contributed by atoms with Gasteiger partial charge in [0, 0.05) is 12.0 Å². The number of carbonyl (C=O) groups is 1. The van der Waals surface area contributed by atoms with Crippen molar-refractivity contribution in [3.05, 3.63) is 23.9 Å². The van der Waals surface area contributed by atoms with Gasteiger partial charge in [0.05, 0.1) is 30.9 Å². The molecule has 1 aromatic rings. The second kappa shape index (κ2) is 3.34. The number of carbonyl (C=O) groups excluding carboxylic acids is 1. The van der Waals surface area contributed by atoms with E-state index in [1.165, 1.54) is 6.26 Å². The number of aliphatic imine (C=N–C) groups is 1. The zero-order chi connectivity index (χ0) is 12.1. The number of ether oxygens (including phenoxy) is 1. The third kappa shape index (κ3) is 1.21. The molecule has 2 unspecified atom stereocenters. The quantitative estimate of drug-likeness (QED) is 0.691. The maximum Gasteiger partial charge on any atom is 0.204 e. The molecule has 0 aliphatic carbocycles. The number of guanidine groups is 1. The third-order valence-electron chi connectivity index (χ3n) is 3.50. The van der Waals surface area contributed by atoms with Crippen LogP contribution < -0.4 is 5.32 Å². The summed E-state index contributed by atoms with van der Waals surface area (Å²) in [6.45, 7) is 0.670. The van der Waals surface area contributed by atoms with E-state index in [4.69, 9.17) is 4.74 Å². The number of rotatable bonds is 1. The number of hydrogen-bond donors (Lipinski definition) is 2. The minimum atomic E-state index is -0.210. The normalized spacial score (nSPS) is 28.1. The first kappa shape index (κ1) is 9.69. The Morgan fingerprint density at radius 1 is 1.56 bits per heavy atom. The fraction of sp³-hybridized carbons (Fsp3) is 0.364. The third-order valence-corrected chi connectivity index (χ3v) is 3.50. The fourth-order valence-corrected chi connectivity index (χ4v) is 2.59. The first-order valence-corrected chi connectivity index (χ1v) is 5.79. The average molecular weight is 245 g/mol. The van der Waals surface area contributed by atoms with Crippen LogP contribution in [-0.2, 0) is 16.1 Å². The largest absolute Gasteiger partial charge is 0.476 e. The summed E-state index contributed by atoms with van der Waals surface area (Å²) >= 11 is 0. The Labute approximate surface area is 103 Å². The van der Waals surface area contributed by atoms with Crippen molar-refractivity contribution in [2.24, 2.45) is 4.99 Å². The molecule has 2 atom stereocenters.